The molecule has 0 fully saturated rings. The molecule has 0 aliphatic heterocycles. The van der Waals surface area contributed by atoms with Crippen molar-refractivity contribution in [3.8, 4) is 0 Å². The van der Waals surface area contributed by atoms with Gasteiger partial charge in [-0.1, -0.05) is 23.7 Å². The van der Waals surface area contributed by atoms with Gasteiger partial charge in [0, 0.05) is 17.8 Å². The van der Waals surface area contributed by atoms with E-state index in [9.17, 15) is 24.5 Å². The van der Waals surface area contributed by atoms with Crippen LogP contribution in [0, 0.1) is 10.1 Å². The second-order valence-electron chi connectivity index (χ2n) is 5.52. The lowest BCUT2D eigenvalue weighted by Crippen LogP contribution is -2.21. The number of fused-ring (bicyclic) bond motifs is 1. The Bertz CT molecular complexity index is 1160. The van der Waals surface area contributed by atoms with E-state index in [1.807, 2.05) is 0 Å². The molecule has 0 bridgehead atoms. The number of nitro groups is 1. The van der Waals surface area contributed by atoms with Crippen molar-refractivity contribution < 1.29 is 23.7 Å². The van der Waals surface area contributed by atoms with Crippen LogP contribution in [0.15, 0.2) is 57.7 Å². The van der Waals surface area contributed by atoms with Crippen molar-refractivity contribution in [2.75, 3.05) is 11.9 Å². The fourth-order valence-corrected chi connectivity index (χ4v) is 2.52. The molecule has 1 aromatic heterocycles. The Morgan fingerprint density at radius 2 is 1.93 bits per heavy atom. The number of rotatable bonds is 5. The van der Waals surface area contributed by atoms with Gasteiger partial charge in [-0.25, -0.2) is 4.79 Å². The Morgan fingerprint density at radius 1 is 1.18 bits per heavy atom. The maximum absolute atomic E-state index is 12.0. The maximum Gasteiger partial charge on any atom is 0.374 e. The molecule has 3 aromatic rings. The van der Waals surface area contributed by atoms with Gasteiger partial charge < -0.3 is 14.5 Å². The van der Waals surface area contributed by atoms with Crippen LogP contribution in [0.4, 0.5) is 11.4 Å². The first-order chi connectivity index (χ1) is 13.3. The van der Waals surface area contributed by atoms with Crippen LogP contribution >= 0.6 is 11.6 Å². The molecule has 0 aliphatic carbocycles. The average Bonchev–Trinajstić information content (AvgIpc) is 2.67. The maximum atomic E-state index is 12.0. The summed E-state index contributed by atoms with van der Waals surface area (Å²) in [6, 6.07) is 11.0. The second kappa shape index (κ2) is 7.89. The first-order valence-corrected chi connectivity index (χ1v) is 8.17. The summed E-state index contributed by atoms with van der Waals surface area (Å²) in [5, 5.41) is 13.4. The third-order valence-corrected chi connectivity index (χ3v) is 3.92. The number of halogens is 1. The molecule has 10 heteroatoms. The number of para-hydroxylation sites is 1. The van der Waals surface area contributed by atoms with E-state index in [-0.39, 0.29) is 27.7 Å². The van der Waals surface area contributed by atoms with E-state index < -0.39 is 28.8 Å². The fourth-order valence-electron chi connectivity index (χ4n) is 2.33. The topological polar surface area (TPSA) is 129 Å². The van der Waals surface area contributed by atoms with Gasteiger partial charge in [0.15, 0.2) is 12.0 Å². The minimum Gasteiger partial charge on any atom is -0.450 e. The quantitative estimate of drug-likeness (QED) is 0.394. The monoisotopic (exact) mass is 402 g/mol. The molecule has 0 radical (unpaired) electrons. The third-order valence-electron chi connectivity index (χ3n) is 3.60. The lowest BCUT2D eigenvalue weighted by atomic mass is 10.2. The number of hydrogen-bond donors (Lipinski definition) is 1. The Hall–Kier alpha value is -3.72. The van der Waals surface area contributed by atoms with Crippen LogP contribution in [0.2, 0.25) is 5.02 Å². The smallest absolute Gasteiger partial charge is 0.374 e. The molecule has 3 rings (SSSR count). The Kier molecular flexibility index (Phi) is 5.37. The zero-order chi connectivity index (χ0) is 20.3. The standard InChI is InChI=1S/C18H11ClN2O7/c19-12-6-5-10(7-13(12)21(25)26)20-17(23)9-27-18(24)16-8-14(22)11-3-1-2-4-15(11)28-16/h1-8H,9H2,(H,20,23). The Morgan fingerprint density at radius 3 is 2.68 bits per heavy atom. The van der Waals surface area contributed by atoms with Crippen molar-refractivity contribution >= 4 is 45.8 Å². The number of nitrogens with one attached hydrogen (secondary N) is 1. The van der Waals surface area contributed by atoms with Crippen LogP contribution in [0.3, 0.4) is 0 Å². The second-order valence-corrected chi connectivity index (χ2v) is 5.93. The summed E-state index contributed by atoms with van der Waals surface area (Å²) in [7, 11) is 0. The zero-order valence-corrected chi connectivity index (χ0v) is 14.8. The number of anilines is 1. The molecule has 0 atom stereocenters. The molecular weight excluding hydrogens is 392 g/mol. The molecule has 0 saturated heterocycles. The number of esters is 1. The fraction of sp³-hybridized carbons (Fsp3) is 0.0556. The molecule has 1 N–H and O–H groups in total. The van der Waals surface area contributed by atoms with Gasteiger partial charge in [-0.15, -0.1) is 0 Å². The van der Waals surface area contributed by atoms with Crippen molar-refractivity contribution in [1.82, 2.24) is 0 Å². The number of amides is 1. The van der Waals surface area contributed by atoms with Crippen molar-refractivity contribution in [2.24, 2.45) is 0 Å². The summed E-state index contributed by atoms with van der Waals surface area (Å²) >= 11 is 5.69. The van der Waals surface area contributed by atoms with E-state index in [0.717, 1.165) is 12.1 Å². The van der Waals surface area contributed by atoms with Gasteiger partial charge in [-0.2, -0.15) is 0 Å². The summed E-state index contributed by atoms with van der Waals surface area (Å²) in [5.41, 5.74) is -0.490. The van der Waals surface area contributed by atoms with Gasteiger partial charge in [0.1, 0.15) is 10.6 Å². The van der Waals surface area contributed by atoms with Crippen LogP contribution in [-0.4, -0.2) is 23.4 Å². The molecule has 2 aromatic carbocycles. The summed E-state index contributed by atoms with van der Waals surface area (Å²) in [6.07, 6.45) is 0. The molecule has 142 valence electrons. The molecule has 0 aliphatic rings. The highest BCUT2D eigenvalue weighted by molar-refractivity contribution is 6.32. The third kappa shape index (κ3) is 4.15. The van der Waals surface area contributed by atoms with Gasteiger partial charge in [0.2, 0.25) is 5.76 Å². The average molecular weight is 403 g/mol. The van der Waals surface area contributed by atoms with Gasteiger partial charge in [-0.3, -0.25) is 19.7 Å². The van der Waals surface area contributed by atoms with E-state index >= 15 is 0 Å². The van der Waals surface area contributed by atoms with Crippen LogP contribution in [-0.2, 0) is 9.53 Å². The lowest BCUT2D eigenvalue weighted by molar-refractivity contribution is -0.384. The van der Waals surface area contributed by atoms with E-state index in [4.69, 9.17) is 20.8 Å². The molecular formula is C18H11ClN2O7. The van der Waals surface area contributed by atoms with Crippen molar-refractivity contribution in [2.45, 2.75) is 0 Å². The first-order valence-electron chi connectivity index (χ1n) is 7.79. The van der Waals surface area contributed by atoms with Gasteiger partial charge in [-0.05, 0) is 24.3 Å². The normalized spacial score (nSPS) is 10.5. The van der Waals surface area contributed by atoms with E-state index in [1.54, 1.807) is 18.2 Å². The number of benzene rings is 2. The van der Waals surface area contributed by atoms with E-state index in [2.05, 4.69) is 5.32 Å². The molecule has 9 nitrogen and oxygen atoms in total. The summed E-state index contributed by atoms with van der Waals surface area (Å²) in [5.74, 6) is -2.09. The van der Waals surface area contributed by atoms with Crippen LogP contribution in [0.1, 0.15) is 10.6 Å². The Labute approximate surface area is 161 Å². The minimum atomic E-state index is -1.000. The molecule has 1 heterocycles. The molecule has 0 unspecified atom stereocenters. The summed E-state index contributed by atoms with van der Waals surface area (Å²) in [6.45, 7) is -0.689. The highest BCUT2D eigenvalue weighted by atomic mass is 35.5. The number of carbonyl (C=O) groups excluding carboxylic acids is 2. The number of hydrogen-bond acceptors (Lipinski definition) is 7. The number of ether oxygens (including phenoxy) is 1. The van der Waals surface area contributed by atoms with Crippen LogP contribution < -0.4 is 10.7 Å². The minimum absolute atomic E-state index is 0.0826. The summed E-state index contributed by atoms with van der Waals surface area (Å²) in [4.78, 5) is 46.1. The molecule has 0 saturated carbocycles. The van der Waals surface area contributed by atoms with Gasteiger partial charge >= 0.3 is 5.97 Å². The van der Waals surface area contributed by atoms with E-state index in [0.29, 0.717) is 5.39 Å². The van der Waals surface area contributed by atoms with Crippen molar-refractivity contribution in [3.05, 3.63) is 79.7 Å². The highest BCUT2D eigenvalue weighted by Crippen LogP contribution is 2.27. The first kappa shape index (κ1) is 19.1. The number of carbonyl (C=O) groups is 2. The number of nitro benzene ring substituents is 1. The lowest BCUT2D eigenvalue weighted by Gasteiger charge is -2.07. The van der Waals surface area contributed by atoms with Crippen molar-refractivity contribution in [1.29, 1.82) is 0 Å². The summed E-state index contributed by atoms with van der Waals surface area (Å²) < 4.78 is 10.1. The van der Waals surface area contributed by atoms with Gasteiger partial charge in [0.25, 0.3) is 11.6 Å². The predicted octanol–water partition coefficient (Wildman–Crippen LogP) is 3.15. The van der Waals surface area contributed by atoms with Crippen molar-refractivity contribution in [3.63, 3.8) is 0 Å². The molecule has 28 heavy (non-hydrogen) atoms. The SMILES string of the molecule is O=C(COC(=O)c1cc(=O)c2ccccc2o1)Nc1ccc(Cl)c([N+](=O)[O-])c1. The zero-order valence-electron chi connectivity index (χ0n) is 14.0. The molecule has 1 amide bonds. The van der Waals surface area contributed by atoms with Crippen LogP contribution in [0.25, 0.3) is 11.0 Å². The predicted molar refractivity (Wildman–Crippen MR) is 99.5 cm³/mol. The number of nitrogens with zero attached hydrogens (tertiary/aromatic N) is 1. The largest absolute Gasteiger partial charge is 0.450 e. The van der Waals surface area contributed by atoms with Gasteiger partial charge in [0.05, 0.1) is 10.3 Å². The molecule has 0 spiro atoms. The highest BCUT2D eigenvalue weighted by Gasteiger charge is 2.17. The van der Waals surface area contributed by atoms with E-state index in [1.165, 1.54) is 18.2 Å². The Balaban J connectivity index is 1.66. The van der Waals surface area contributed by atoms with Crippen LogP contribution in [0.5, 0.6) is 0 Å².